The first-order valence-electron chi connectivity index (χ1n) is 8.92. The third kappa shape index (κ3) is 7.03. The quantitative estimate of drug-likeness (QED) is 0.664. The molecule has 0 saturated heterocycles. The number of ether oxygens (including phenoxy) is 1. The summed E-state index contributed by atoms with van der Waals surface area (Å²) in [7, 11) is 1.67. The van der Waals surface area contributed by atoms with Gasteiger partial charge in [-0.05, 0) is 43.0 Å². The van der Waals surface area contributed by atoms with E-state index in [1.165, 1.54) is 4.90 Å². The summed E-state index contributed by atoms with van der Waals surface area (Å²) in [5.74, 6) is -0.825. The standard InChI is InChI=1S/C20H25N3O4S/c1-14(2)22-20(26)21-11-15-6-8-16(9-7-15)19(25)27-13-18(24)23(3)12-17-5-4-10-28-17/h4-10,14H,11-13H2,1-3H3,(H2,21,22,26). The number of benzene rings is 1. The molecule has 2 rings (SSSR count). The van der Waals surface area contributed by atoms with Gasteiger partial charge < -0.3 is 20.3 Å². The van der Waals surface area contributed by atoms with E-state index in [0.29, 0.717) is 18.7 Å². The van der Waals surface area contributed by atoms with Gasteiger partial charge in [0.05, 0.1) is 12.1 Å². The van der Waals surface area contributed by atoms with Gasteiger partial charge in [0.1, 0.15) is 0 Å². The number of hydrogen-bond donors (Lipinski definition) is 2. The molecule has 28 heavy (non-hydrogen) atoms. The summed E-state index contributed by atoms with van der Waals surface area (Å²) in [5.41, 5.74) is 1.20. The SMILES string of the molecule is CC(C)NC(=O)NCc1ccc(C(=O)OCC(=O)N(C)Cc2cccs2)cc1. The lowest BCUT2D eigenvalue weighted by molar-refractivity contribution is -0.133. The monoisotopic (exact) mass is 403 g/mol. The van der Waals surface area contributed by atoms with Crippen molar-refractivity contribution >= 4 is 29.2 Å². The Morgan fingerprint density at radius 3 is 2.46 bits per heavy atom. The number of hydrogen-bond acceptors (Lipinski definition) is 5. The summed E-state index contributed by atoms with van der Waals surface area (Å²) in [5, 5.41) is 7.42. The van der Waals surface area contributed by atoms with Crippen LogP contribution in [-0.4, -0.2) is 42.5 Å². The number of thiophene rings is 1. The minimum atomic E-state index is -0.560. The number of rotatable bonds is 8. The highest BCUT2D eigenvalue weighted by molar-refractivity contribution is 7.09. The van der Waals surface area contributed by atoms with Crippen LogP contribution in [0.25, 0.3) is 0 Å². The van der Waals surface area contributed by atoms with Crippen LogP contribution >= 0.6 is 11.3 Å². The first kappa shape index (κ1) is 21.4. The van der Waals surface area contributed by atoms with E-state index in [2.05, 4.69) is 10.6 Å². The van der Waals surface area contributed by atoms with Crippen molar-refractivity contribution in [3.8, 4) is 0 Å². The van der Waals surface area contributed by atoms with Gasteiger partial charge in [0.15, 0.2) is 6.61 Å². The van der Waals surface area contributed by atoms with E-state index in [9.17, 15) is 14.4 Å². The fourth-order valence-electron chi connectivity index (χ4n) is 2.30. The molecule has 0 atom stereocenters. The molecule has 1 aromatic heterocycles. The molecule has 2 N–H and O–H groups in total. The maximum Gasteiger partial charge on any atom is 0.338 e. The van der Waals surface area contributed by atoms with E-state index in [-0.39, 0.29) is 24.6 Å². The van der Waals surface area contributed by atoms with Crippen molar-refractivity contribution in [1.29, 1.82) is 0 Å². The highest BCUT2D eigenvalue weighted by atomic mass is 32.1. The van der Waals surface area contributed by atoms with Crippen molar-refractivity contribution in [3.05, 3.63) is 57.8 Å². The number of likely N-dealkylation sites (N-methyl/N-ethyl adjacent to an activating group) is 1. The van der Waals surface area contributed by atoms with Crippen molar-refractivity contribution in [2.24, 2.45) is 0 Å². The van der Waals surface area contributed by atoms with E-state index in [1.807, 2.05) is 31.4 Å². The fraction of sp³-hybridized carbons (Fsp3) is 0.350. The van der Waals surface area contributed by atoms with Gasteiger partial charge in [0, 0.05) is 24.5 Å². The van der Waals surface area contributed by atoms with E-state index < -0.39 is 5.97 Å². The van der Waals surface area contributed by atoms with Crippen LogP contribution in [0, 0.1) is 0 Å². The lowest BCUT2D eigenvalue weighted by Crippen LogP contribution is -2.39. The van der Waals surface area contributed by atoms with Crippen LogP contribution in [0.15, 0.2) is 41.8 Å². The van der Waals surface area contributed by atoms with Crippen LogP contribution < -0.4 is 10.6 Å². The molecular formula is C20H25N3O4S. The molecule has 0 spiro atoms. The smallest absolute Gasteiger partial charge is 0.338 e. The maximum atomic E-state index is 12.1. The minimum Gasteiger partial charge on any atom is -0.452 e. The Labute approximate surface area is 168 Å². The summed E-state index contributed by atoms with van der Waals surface area (Å²) in [6.07, 6.45) is 0. The first-order chi connectivity index (χ1) is 13.3. The molecular weight excluding hydrogens is 378 g/mol. The predicted molar refractivity (Wildman–Crippen MR) is 108 cm³/mol. The normalized spacial score (nSPS) is 10.4. The molecule has 0 aliphatic heterocycles. The van der Waals surface area contributed by atoms with E-state index >= 15 is 0 Å². The molecule has 1 aromatic carbocycles. The third-order valence-corrected chi connectivity index (χ3v) is 4.65. The summed E-state index contributed by atoms with van der Waals surface area (Å²) in [6, 6.07) is 10.4. The molecule has 0 unspecified atom stereocenters. The van der Waals surface area contributed by atoms with Crippen molar-refractivity contribution in [1.82, 2.24) is 15.5 Å². The van der Waals surface area contributed by atoms with Gasteiger partial charge in [0.2, 0.25) is 0 Å². The number of nitrogens with zero attached hydrogens (tertiary/aromatic N) is 1. The molecule has 8 heteroatoms. The Morgan fingerprint density at radius 2 is 1.86 bits per heavy atom. The fourth-order valence-corrected chi connectivity index (χ4v) is 3.06. The molecule has 0 bridgehead atoms. The van der Waals surface area contributed by atoms with Gasteiger partial charge in [0.25, 0.3) is 5.91 Å². The summed E-state index contributed by atoms with van der Waals surface area (Å²) in [6.45, 7) is 4.29. The highest BCUT2D eigenvalue weighted by Gasteiger charge is 2.14. The number of nitrogens with one attached hydrogen (secondary N) is 2. The highest BCUT2D eigenvalue weighted by Crippen LogP contribution is 2.11. The second kappa shape index (κ2) is 10.5. The average molecular weight is 404 g/mol. The summed E-state index contributed by atoms with van der Waals surface area (Å²) >= 11 is 1.57. The average Bonchev–Trinajstić information content (AvgIpc) is 3.17. The largest absolute Gasteiger partial charge is 0.452 e. The second-order valence-corrected chi connectivity index (χ2v) is 7.62. The molecule has 1 heterocycles. The Morgan fingerprint density at radius 1 is 1.14 bits per heavy atom. The van der Waals surface area contributed by atoms with E-state index in [1.54, 1.807) is 42.6 Å². The number of urea groups is 1. The maximum absolute atomic E-state index is 12.1. The third-order valence-electron chi connectivity index (χ3n) is 3.79. The predicted octanol–water partition coefficient (Wildman–Crippen LogP) is 2.77. The number of amides is 3. The first-order valence-corrected chi connectivity index (χ1v) is 9.80. The van der Waals surface area contributed by atoms with Crippen LogP contribution in [0.5, 0.6) is 0 Å². The van der Waals surface area contributed by atoms with Crippen LogP contribution in [0.4, 0.5) is 4.79 Å². The molecule has 0 saturated carbocycles. The topological polar surface area (TPSA) is 87.7 Å². The Balaban J connectivity index is 1.77. The molecule has 0 radical (unpaired) electrons. The van der Waals surface area contributed by atoms with Gasteiger partial charge in [-0.1, -0.05) is 18.2 Å². The Hall–Kier alpha value is -2.87. The van der Waals surface area contributed by atoms with Gasteiger partial charge >= 0.3 is 12.0 Å². The summed E-state index contributed by atoms with van der Waals surface area (Å²) in [4.78, 5) is 38.4. The van der Waals surface area contributed by atoms with Gasteiger partial charge in [-0.25, -0.2) is 9.59 Å². The van der Waals surface area contributed by atoms with Gasteiger partial charge in [-0.3, -0.25) is 4.79 Å². The zero-order chi connectivity index (χ0) is 20.5. The number of carbonyl (C=O) groups is 3. The van der Waals surface area contributed by atoms with E-state index in [4.69, 9.17) is 4.74 Å². The van der Waals surface area contributed by atoms with Crippen molar-refractivity contribution in [2.45, 2.75) is 33.0 Å². The molecule has 3 amide bonds. The molecule has 0 aliphatic carbocycles. The number of carbonyl (C=O) groups excluding carboxylic acids is 3. The van der Waals surface area contributed by atoms with Crippen LogP contribution in [0.2, 0.25) is 0 Å². The Bertz CT molecular complexity index is 788. The van der Waals surface area contributed by atoms with E-state index in [0.717, 1.165) is 10.4 Å². The molecule has 0 fully saturated rings. The van der Waals surface area contributed by atoms with Crippen LogP contribution in [0.3, 0.4) is 0 Å². The zero-order valence-electron chi connectivity index (χ0n) is 16.2. The zero-order valence-corrected chi connectivity index (χ0v) is 17.0. The lowest BCUT2D eigenvalue weighted by Gasteiger charge is -2.16. The lowest BCUT2D eigenvalue weighted by atomic mass is 10.1. The van der Waals surface area contributed by atoms with Crippen LogP contribution in [-0.2, 0) is 22.6 Å². The molecule has 0 aliphatic rings. The van der Waals surface area contributed by atoms with Crippen molar-refractivity contribution in [3.63, 3.8) is 0 Å². The van der Waals surface area contributed by atoms with Crippen LogP contribution in [0.1, 0.15) is 34.6 Å². The Kier molecular flexibility index (Phi) is 8.01. The van der Waals surface area contributed by atoms with Gasteiger partial charge in [-0.15, -0.1) is 11.3 Å². The minimum absolute atomic E-state index is 0.0595. The van der Waals surface area contributed by atoms with Crippen molar-refractivity contribution in [2.75, 3.05) is 13.7 Å². The van der Waals surface area contributed by atoms with Crippen molar-refractivity contribution < 1.29 is 19.1 Å². The molecule has 150 valence electrons. The molecule has 2 aromatic rings. The summed E-state index contributed by atoms with van der Waals surface area (Å²) < 4.78 is 5.11. The molecule has 7 nitrogen and oxygen atoms in total. The number of esters is 1. The van der Waals surface area contributed by atoms with Gasteiger partial charge in [-0.2, -0.15) is 0 Å². The second-order valence-electron chi connectivity index (χ2n) is 6.58.